The fourth-order valence-corrected chi connectivity index (χ4v) is 2.69. The third-order valence-electron chi connectivity index (χ3n) is 3.80. The van der Waals surface area contributed by atoms with Gasteiger partial charge in [0.25, 0.3) is 0 Å². The Morgan fingerprint density at radius 2 is 1.14 bits per heavy atom. The molecule has 3 rings (SSSR count). The number of pyridine rings is 2. The molecule has 3 nitrogen and oxygen atoms in total. The highest BCUT2D eigenvalue weighted by molar-refractivity contribution is 5.29. The van der Waals surface area contributed by atoms with Crippen LogP contribution in [0.5, 0.6) is 0 Å². The van der Waals surface area contributed by atoms with Crippen molar-refractivity contribution in [2.24, 2.45) is 0 Å². The quantitative estimate of drug-likeness (QED) is 0.785. The number of rotatable bonds is 5. The van der Waals surface area contributed by atoms with Crippen LogP contribution in [0.15, 0.2) is 79.4 Å². The van der Waals surface area contributed by atoms with Crippen LogP contribution in [0.1, 0.15) is 16.7 Å². The van der Waals surface area contributed by atoms with Crippen molar-refractivity contribution in [3.63, 3.8) is 0 Å². The van der Waals surface area contributed by atoms with E-state index in [9.17, 15) is 5.11 Å². The van der Waals surface area contributed by atoms with Crippen molar-refractivity contribution in [1.29, 1.82) is 0 Å². The van der Waals surface area contributed by atoms with Gasteiger partial charge in [0.15, 0.2) is 0 Å². The fraction of sp³-hybridized carbons (Fsp3) is 0.158. The maximum atomic E-state index is 11.3. The van der Waals surface area contributed by atoms with Gasteiger partial charge >= 0.3 is 0 Å². The topological polar surface area (TPSA) is 46.0 Å². The molecule has 0 spiro atoms. The number of nitrogens with zero attached hydrogens (tertiary/aromatic N) is 2. The monoisotopic (exact) mass is 290 g/mol. The van der Waals surface area contributed by atoms with Gasteiger partial charge in [-0.25, -0.2) is 0 Å². The van der Waals surface area contributed by atoms with Gasteiger partial charge in [0.05, 0.1) is 5.60 Å². The molecule has 3 aromatic rings. The van der Waals surface area contributed by atoms with Crippen LogP contribution < -0.4 is 0 Å². The van der Waals surface area contributed by atoms with Gasteiger partial charge in [0, 0.05) is 37.6 Å². The fourth-order valence-electron chi connectivity index (χ4n) is 2.69. The lowest BCUT2D eigenvalue weighted by molar-refractivity contribution is 0.0371. The van der Waals surface area contributed by atoms with Gasteiger partial charge in [-0.15, -0.1) is 0 Å². The van der Waals surface area contributed by atoms with E-state index in [0.717, 1.165) is 16.7 Å². The molecule has 1 N–H and O–H groups in total. The zero-order valence-electron chi connectivity index (χ0n) is 12.3. The molecule has 2 heterocycles. The minimum atomic E-state index is -0.954. The van der Waals surface area contributed by atoms with Crippen LogP contribution in [0.2, 0.25) is 0 Å². The van der Waals surface area contributed by atoms with Gasteiger partial charge < -0.3 is 5.11 Å². The molecular formula is C19H18N2O. The maximum absolute atomic E-state index is 11.3. The van der Waals surface area contributed by atoms with E-state index in [4.69, 9.17) is 0 Å². The summed E-state index contributed by atoms with van der Waals surface area (Å²) in [6, 6.07) is 17.6. The summed E-state index contributed by atoms with van der Waals surface area (Å²) in [7, 11) is 0. The molecule has 0 fully saturated rings. The van der Waals surface area contributed by atoms with Crippen LogP contribution in [0.25, 0.3) is 0 Å². The molecule has 0 amide bonds. The standard InChI is InChI=1S/C19H18N2O/c22-19(18-4-2-1-3-5-18,14-16-6-10-20-11-7-16)15-17-8-12-21-13-9-17/h1-13,22H,14-15H2. The largest absolute Gasteiger partial charge is 0.384 e. The van der Waals surface area contributed by atoms with Gasteiger partial charge in [-0.1, -0.05) is 30.3 Å². The molecule has 0 atom stereocenters. The minimum absolute atomic E-state index is 0.544. The zero-order chi connectivity index (χ0) is 15.3. The van der Waals surface area contributed by atoms with Gasteiger partial charge in [-0.2, -0.15) is 0 Å². The second-order valence-corrected chi connectivity index (χ2v) is 5.46. The van der Waals surface area contributed by atoms with E-state index in [0.29, 0.717) is 12.8 Å². The smallest absolute Gasteiger partial charge is 0.0976 e. The summed E-state index contributed by atoms with van der Waals surface area (Å²) < 4.78 is 0. The number of benzene rings is 1. The van der Waals surface area contributed by atoms with Crippen LogP contribution in [-0.2, 0) is 18.4 Å². The van der Waals surface area contributed by atoms with E-state index in [2.05, 4.69) is 9.97 Å². The molecule has 0 aliphatic rings. The normalized spacial score (nSPS) is 11.3. The van der Waals surface area contributed by atoms with E-state index < -0.39 is 5.60 Å². The Kier molecular flexibility index (Phi) is 4.26. The molecule has 1 aromatic carbocycles. The highest BCUT2D eigenvalue weighted by Gasteiger charge is 2.29. The van der Waals surface area contributed by atoms with Crippen molar-refractivity contribution in [2.45, 2.75) is 18.4 Å². The van der Waals surface area contributed by atoms with Crippen molar-refractivity contribution in [1.82, 2.24) is 9.97 Å². The van der Waals surface area contributed by atoms with Gasteiger partial charge in [0.1, 0.15) is 0 Å². The molecule has 0 aliphatic carbocycles. The predicted octanol–water partition coefficient (Wildman–Crippen LogP) is 3.15. The summed E-state index contributed by atoms with van der Waals surface area (Å²) in [4.78, 5) is 8.08. The van der Waals surface area contributed by atoms with E-state index >= 15 is 0 Å². The number of hydrogen-bond donors (Lipinski definition) is 1. The SMILES string of the molecule is OC(Cc1ccncc1)(Cc1ccncc1)c1ccccc1. The number of aliphatic hydroxyl groups is 1. The lowest BCUT2D eigenvalue weighted by Gasteiger charge is -2.29. The summed E-state index contributed by atoms with van der Waals surface area (Å²) in [5, 5.41) is 11.3. The molecule has 0 saturated carbocycles. The molecule has 0 bridgehead atoms. The first-order valence-electron chi connectivity index (χ1n) is 7.32. The average molecular weight is 290 g/mol. The summed E-state index contributed by atoms with van der Waals surface area (Å²) in [6.07, 6.45) is 8.12. The van der Waals surface area contributed by atoms with Crippen LogP contribution in [0.4, 0.5) is 0 Å². The summed E-state index contributed by atoms with van der Waals surface area (Å²) in [6.45, 7) is 0. The Balaban J connectivity index is 1.95. The Morgan fingerprint density at radius 1 is 0.682 bits per heavy atom. The zero-order valence-corrected chi connectivity index (χ0v) is 12.3. The first-order chi connectivity index (χ1) is 10.8. The minimum Gasteiger partial charge on any atom is -0.384 e. The van der Waals surface area contributed by atoms with Crippen molar-refractivity contribution < 1.29 is 5.11 Å². The average Bonchev–Trinajstić information content (AvgIpc) is 2.57. The molecule has 0 saturated heterocycles. The van der Waals surface area contributed by atoms with E-state index in [1.807, 2.05) is 54.6 Å². The van der Waals surface area contributed by atoms with Crippen LogP contribution in [-0.4, -0.2) is 15.1 Å². The molecule has 0 unspecified atom stereocenters. The van der Waals surface area contributed by atoms with Gasteiger partial charge in [-0.3, -0.25) is 9.97 Å². The molecule has 110 valence electrons. The second-order valence-electron chi connectivity index (χ2n) is 5.46. The third-order valence-corrected chi connectivity index (χ3v) is 3.80. The lowest BCUT2D eigenvalue weighted by Crippen LogP contribution is -2.31. The maximum Gasteiger partial charge on any atom is 0.0976 e. The highest BCUT2D eigenvalue weighted by atomic mass is 16.3. The van der Waals surface area contributed by atoms with E-state index in [1.54, 1.807) is 24.8 Å². The number of hydrogen-bond acceptors (Lipinski definition) is 3. The van der Waals surface area contributed by atoms with Crippen molar-refractivity contribution in [2.75, 3.05) is 0 Å². The Morgan fingerprint density at radius 3 is 1.59 bits per heavy atom. The van der Waals surface area contributed by atoms with Crippen molar-refractivity contribution in [3.8, 4) is 0 Å². The van der Waals surface area contributed by atoms with Crippen LogP contribution >= 0.6 is 0 Å². The van der Waals surface area contributed by atoms with Crippen LogP contribution in [0, 0.1) is 0 Å². The second kappa shape index (κ2) is 6.50. The van der Waals surface area contributed by atoms with E-state index in [-0.39, 0.29) is 0 Å². The Hall–Kier alpha value is -2.52. The molecule has 0 radical (unpaired) electrons. The summed E-state index contributed by atoms with van der Waals surface area (Å²) in [5.74, 6) is 0. The Bertz CT molecular complexity index is 658. The van der Waals surface area contributed by atoms with Gasteiger partial charge in [-0.05, 0) is 41.0 Å². The van der Waals surface area contributed by atoms with E-state index in [1.165, 1.54) is 0 Å². The summed E-state index contributed by atoms with van der Waals surface area (Å²) >= 11 is 0. The highest BCUT2D eigenvalue weighted by Crippen LogP contribution is 2.29. The molecule has 3 heteroatoms. The molecular weight excluding hydrogens is 272 g/mol. The number of aromatic nitrogens is 2. The summed E-state index contributed by atoms with van der Waals surface area (Å²) in [5.41, 5.74) is 2.10. The molecule has 22 heavy (non-hydrogen) atoms. The first kappa shape index (κ1) is 14.4. The van der Waals surface area contributed by atoms with Crippen molar-refractivity contribution in [3.05, 3.63) is 96.1 Å². The molecule has 2 aromatic heterocycles. The lowest BCUT2D eigenvalue weighted by atomic mass is 9.82. The third kappa shape index (κ3) is 3.38. The predicted molar refractivity (Wildman–Crippen MR) is 86.2 cm³/mol. The first-order valence-corrected chi connectivity index (χ1v) is 7.32. The Labute approximate surface area is 130 Å². The molecule has 0 aliphatic heterocycles. The van der Waals surface area contributed by atoms with Crippen LogP contribution in [0.3, 0.4) is 0 Å². The van der Waals surface area contributed by atoms with Crippen molar-refractivity contribution >= 4 is 0 Å². The van der Waals surface area contributed by atoms with Gasteiger partial charge in [0.2, 0.25) is 0 Å².